The van der Waals surface area contributed by atoms with E-state index in [9.17, 15) is 9.59 Å². The zero-order valence-corrected chi connectivity index (χ0v) is 12.0. The number of carbonyl (C=O) groups is 2. The van der Waals surface area contributed by atoms with E-state index < -0.39 is 0 Å². The Labute approximate surface area is 122 Å². The molecule has 1 aromatic heterocycles. The Bertz CT molecular complexity index is 620. The molecule has 0 radical (unpaired) electrons. The number of benzene rings is 1. The fourth-order valence-electron chi connectivity index (χ4n) is 1.79. The number of aromatic nitrogens is 1. The topological polar surface area (TPSA) is 75.4 Å². The molecule has 6 nitrogen and oxygen atoms in total. The van der Waals surface area contributed by atoms with Crippen LogP contribution in [0.2, 0.25) is 0 Å². The van der Waals surface area contributed by atoms with E-state index in [-0.39, 0.29) is 24.7 Å². The van der Waals surface area contributed by atoms with Gasteiger partial charge in [-0.05, 0) is 5.56 Å². The Kier molecular flexibility index (Phi) is 4.71. The third kappa shape index (κ3) is 3.92. The van der Waals surface area contributed by atoms with E-state index in [1.165, 1.54) is 4.90 Å². The molecule has 0 unspecified atom stereocenters. The van der Waals surface area contributed by atoms with Gasteiger partial charge >= 0.3 is 0 Å². The molecule has 0 bridgehead atoms. The number of hydrogen-bond donors (Lipinski definition) is 1. The Morgan fingerprint density at radius 3 is 2.57 bits per heavy atom. The van der Waals surface area contributed by atoms with Gasteiger partial charge in [0.25, 0.3) is 0 Å². The van der Waals surface area contributed by atoms with E-state index in [0.717, 1.165) is 5.56 Å². The normalized spacial score (nSPS) is 10.2. The van der Waals surface area contributed by atoms with Gasteiger partial charge in [-0.25, -0.2) is 0 Å². The first-order valence-corrected chi connectivity index (χ1v) is 6.58. The minimum absolute atomic E-state index is 0.0917. The highest BCUT2D eigenvalue weighted by Crippen LogP contribution is 2.27. The van der Waals surface area contributed by atoms with Crippen LogP contribution in [-0.2, 0) is 9.59 Å². The summed E-state index contributed by atoms with van der Waals surface area (Å²) in [5.74, 6) is -0.0753. The average molecular weight is 287 g/mol. The van der Waals surface area contributed by atoms with Crippen LogP contribution in [0, 0.1) is 0 Å². The zero-order chi connectivity index (χ0) is 15.2. The molecule has 0 aliphatic carbocycles. The van der Waals surface area contributed by atoms with Crippen LogP contribution in [0.4, 0.5) is 5.88 Å². The predicted molar refractivity (Wildman–Crippen MR) is 78.5 cm³/mol. The highest BCUT2D eigenvalue weighted by molar-refractivity contribution is 5.95. The summed E-state index contributed by atoms with van der Waals surface area (Å²) in [6.45, 7) is 0. The summed E-state index contributed by atoms with van der Waals surface area (Å²) in [6.07, 6.45) is 1.81. The van der Waals surface area contributed by atoms with Gasteiger partial charge in [0.15, 0.2) is 0 Å². The van der Waals surface area contributed by atoms with Crippen LogP contribution in [-0.4, -0.2) is 36.0 Å². The number of nitrogens with one attached hydrogen (secondary N) is 1. The number of carbonyl (C=O) groups excluding carboxylic acids is 2. The molecule has 0 spiro atoms. The van der Waals surface area contributed by atoms with E-state index in [2.05, 4.69) is 10.5 Å². The summed E-state index contributed by atoms with van der Waals surface area (Å²) < 4.78 is 5.07. The summed E-state index contributed by atoms with van der Waals surface area (Å²) in [4.78, 5) is 24.8. The zero-order valence-electron chi connectivity index (χ0n) is 12.0. The van der Waals surface area contributed by atoms with Crippen LogP contribution in [0.1, 0.15) is 12.8 Å². The summed E-state index contributed by atoms with van der Waals surface area (Å²) in [5.41, 5.74) is 1.61. The van der Waals surface area contributed by atoms with Gasteiger partial charge in [-0.1, -0.05) is 35.5 Å². The molecule has 0 fully saturated rings. The van der Waals surface area contributed by atoms with Gasteiger partial charge in [-0.3, -0.25) is 14.9 Å². The molecule has 0 aliphatic rings. The molecular weight excluding hydrogens is 270 g/mol. The highest BCUT2D eigenvalue weighted by Gasteiger charge is 2.14. The summed E-state index contributed by atoms with van der Waals surface area (Å²) in [6, 6.07) is 9.49. The second-order valence-electron chi connectivity index (χ2n) is 4.77. The molecule has 1 N–H and O–H groups in total. The molecule has 0 saturated carbocycles. The lowest BCUT2D eigenvalue weighted by Crippen LogP contribution is -2.23. The van der Waals surface area contributed by atoms with Crippen molar-refractivity contribution in [3.8, 4) is 11.1 Å². The second-order valence-corrected chi connectivity index (χ2v) is 4.77. The summed E-state index contributed by atoms with van der Waals surface area (Å²) >= 11 is 0. The maximum Gasteiger partial charge on any atom is 0.239 e. The first kappa shape index (κ1) is 14.8. The minimum atomic E-state index is -0.279. The van der Waals surface area contributed by atoms with Crippen LogP contribution in [0.25, 0.3) is 11.1 Å². The lowest BCUT2D eigenvalue weighted by atomic mass is 10.1. The van der Waals surface area contributed by atoms with Crippen molar-refractivity contribution in [1.29, 1.82) is 0 Å². The molecule has 0 aliphatic heterocycles. The van der Waals surface area contributed by atoms with Crippen LogP contribution in [0.5, 0.6) is 0 Å². The van der Waals surface area contributed by atoms with Crippen LogP contribution < -0.4 is 5.32 Å². The smallest absolute Gasteiger partial charge is 0.239 e. The SMILES string of the molecule is CN(C)C(=O)CCC(=O)Nc1oncc1-c1ccccc1. The van der Waals surface area contributed by atoms with E-state index in [0.29, 0.717) is 11.4 Å². The van der Waals surface area contributed by atoms with Crippen LogP contribution in [0.3, 0.4) is 0 Å². The second kappa shape index (κ2) is 6.69. The van der Waals surface area contributed by atoms with Gasteiger partial charge in [0, 0.05) is 26.9 Å². The molecule has 2 aromatic rings. The molecule has 0 atom stereocenters. The lowest BCUT2D eigenvalue weighted by Gasteiger charge is -2.09. The van der Waals surface area contributed by atoms with Gasteiger partial charge in [-0.15, -0.1) is 0 Å². The van der Waals surface area contributed by atoms with Crippen molar-refractivity contribution < 1.29 is 14.1 Å². The molecule has 0 saturated heterocycles. The van der Waals surface area contributed by atoms with Crippen molar-refractivity contribution in [2.45, 2.75) is 12.8 Å². The molecule has 110 valence electrons. The minimum Gasteiger partial charge on any atom is -0.349 e. The monoisotopic (exact) mass is 287 g/mol. The first-order valence-electron chi connectivity index (χ1n) is 6.58. The van der Waals surface area contributed by atoms with E-state index in [1.807, 2.05) is 30.3 Å². The van der Waals surface area contributed by atoms with Crippen molar-refractivity contribution >= 4 is 17.7 Å². The fraction of sp³-hybridized carbons (Fsp3) is 0.267. The Hall–Kier alpha value is -2.63. The van der Waals surface area contributed by atoms with Gasteiger partial charge in [-0.2, -0.15) is 0 Å². The van der Waals surface area contributed by atoms with Crippen molar-refractivity contribution in [3.63, 3.8) is 0 Å². The molecule has 2 amide bonds. The fourth-order valence-corrected chi connectivity index (χ4v) is 1.79. The number of anilines is 1. The Morgan fingerprint density at radius 2 is 1.90 bits per heavy atom. The summed E-state index contributed by atoms with van der Waals surface area (Å²) in [5, 5.41) is 6.35. The average Bonchev–Trinajstić information content (AvgIpc) is 2.93. The molecule has 1 aromatic carbocycles. The first-order chi connectivity index (χ1) is 10.1. The van der Waals surface area contributed by atoms with E-state index in [4.69, 9.17) is 4.52 Å². The van der Waals surface area contributed by atoms with Gasteiger partial charge in [0.2, 0.25) is 17.7 Å². The molecule has 21 heavy (non-hydrogen) atoms. The number of nitrogens with zero attached hydrogens (tertiary/aromatic N) is 2. The quantitative estimate of drug-likeness (QED) is 0.914. The maximum atomic E-state index is 11.9. The van der Waals surface area contributed by atoms with Gasteiger partial charge in [0.05, 0.1) is 11.8 Å². The molecule has 6 heteroatoms. The van der Waals surface area contributed by atoms with E-state index in [1.54, 1.807) is 20.3 Å². The Morgan fingerprint density at radius 1 is 1.19 bits per heavy atom. The Balaban J connectivity index is 2.00. The number of hydrogen-bond acceptors (Lipinski definition) is 4. The van der Waals surface area contributed by atoms with Crippen molar-refractivity contribution in [1.82, 2.24) is 10.1 Å². The van der Waals surface area contributed by atoms with Crippen LogP contribution >= 0.6 is 0 Å². The summed E-state index contributed by atoms with van der Waals surface area (Å²) in [7, 11) is 3.31. The predicted octanol–water partition coefficient (Wildman–Crippen LogP) is 2.15. The van der Waals surface area contributed by atoms with E-state index >= 15 is 0 Å². The van der Waals surface area contributed by atoms with Crippen molar-refractivity contribution in [2.24, 2.45) is 0 Å². The number of rotatable bonds is 5. The largest absolute Gasteiger partial charge is 0.349 e. The maximum absolute atomic E-state index is 11.9. The van der Waals surface area contributed by atoms with Crippen molar-refractivity contribution in [2.75, 3.05) is 19.4 Å². The van der Waals surface area contributed by atoms with Crippen LogP contribution in [0.15, 0.2) is 41.1 Å². The number of amides is 2. The molecule has 1 heterocycles. The third-order valence-electron chi connectivity index (χ3n) is 2.97. The standard InChI is InChI=1S/C15H17N3O3/c1-18(2)14(20)9-8-13(19)17-15-12(10-16-21-15)11-6-4-3-5-7-11/h3-7,10H,8-9H2,1-2H3,(H,17,19). The van der Waals surface area contributed by atoms with Gasteiger partial charge in [0.1, 0.15) is 0 Å². The van der Waals surface area contributed by atoms with Gasteiger partial charge < -0.3 is 9.42 Å². The highest BCUT2D eigenvalue weighted by atomic mass is 16.5. The molecular formula is C15H17N3O3. The lowest BCUT2D eigenvalue weighted by molar-refractivity contribution is -0.130. The third-order valence-corrected chi connectivity index (χ3v) is 2.97. The van der Waals surface area contributed by atoms with Crippen molar-refractivity contribution in [3.05, 3.63) is 36.5 Å². The molecule has 2 rings (SSSR count).